The molecule has 1 aromatic carbocycles. The maximum atomic E-state index is 13.2. The molecule has 1 aliphatic heterocycles. The van der Waals surface area contributed by atoms with Crippen molar-refractivity contribution in [1.82, 2.24) is 10.2 Å². The first-order valence-corrected chi connectivity index (χ1v) is 11.3. The van der Waals surface area contributed by atoms with Crippen molar-refractivity contribution in [2.45, 2.75) is 71.2 Å². The fraction of sp³-hybridized carbons (Fsp3) is 0.636. The van der Waals surface area contributed by atoms with Crippen LogP contribution in [0, 0.1) is 12.8 Å². The third-order valence-electron chi connectivity index (χ3n) is 4.93. The molecule has 1 aromatic rings. The molecule has 2 atom stereocenters. The van der Waals surface area contributed by atoms with E-state index in [1.807, 2.05) is 36.1 Å². The highest BCUT2D eigenvalue weighted by atomic mass is 32.2. The molecule has 5 heteroatoms. The standard InChI is InChI=1S/C22H34N2O2S/c1-5-6-7-8-13-23-21(25)19-15-27-20(14-16(2)3)24(19)22(26)18-11-9-17(4)10-12-18/h9-12,16,19-20H,5-8,13-15H2,1-4H3,(H,23,25). The molecule has 0 saturated carbocycles. The first-order chi connectivity index (χ1) is 12.9. The van der Waals surface area contributed by atoms with Crippen molar-refractivity contribution in [3.63, 3.8) is 0 Å². The smallest absolute Gasteiger partial charge is 0.255 e. The normalized spacial score (nSPS) is 19.5. The summed E-state index contributed by atoms with van der Waals surface area (Å²) in [5.74, 6) is 1.12. The highest BCUT2D eigenvalue weighted by Crippen LogP contribution is 2.34. The van der Waals surface area contributed by atoms with Crippen LogP contribution in [0.5, 0.6) is 0 Å². The lowest BCUT2D eigenvalue weighted by molar-refractivity contribution is -0.124. The summed E-state index contributed by atoms with van der Waals surface area (Å²) in [5.41, 5.74) is 1.79. The summed E-state index contributed by atoms with van der Waals surface area (Å²) in [5, 5.41) is 3.12. The Bertz CT molecular complexity index is 615. The number of hydrogen-bond donors (Lipinski definition) is 1. The molecule has 27 heavy (non-hydrogen) atoms. The molecule has 150 valence electrons. The Kier molecular flexibility index (Phi) is 8.68. The van der Waals surface area contributed by atoms with Crippen molar-refractivity contribution >= 4 is 23.6 Å². The number of nitrogens with zero attached hydrogens (tertiary/aromatic N) is 1. The van der Waals surface area contributed by atoms with Gasteiger partial charge in [0.15, 0.2) is 0 Å². The predicted molar refractivity (Wildman–Crippen MR) is 114 cm³/mol. The van der Waals surface area contributed by atoms with Gasteiger partial charge in [0.2, 0.25) is 5.91 Å². The number of aryl methyl sites for hydroxylation is 1. The third-order valence-corrected chi connectivity index (χ3v) is 6.24. The van der Waals surface area contributed by atoms with Crippen molar-refractivity contribution in [3.05, 3.63) is 35.4 Å². The van der Waals surface area contributed by atoms with Gasteiger partial charge in [0.25, 0.3) is 5.91 Å². The van der Waals surface area contributed by atoms with Crippen molar-refractivity contribution in [1.29, 1.82) is 0 Å². The zero-order chi connectivity index (χ0) is 19.8. The summed E-state index contributed by atoms with van der Waals surface area (Å²) in [6.45, 7) is 9.21. The molecule has 0 radical (unpaired) electrons. The van der Waals surface area contributed by atoms with Crippen molar-refractivity contribution in [3.8, 4) is 0 Å². The highest BCUT2D eigenvalue weighted by Gasteiger charge is 2.41. The number of benzene rings is 1. The van der Waals surface area contributed by atoms with Crippen molar-refractivity contribution < 1.29 is 9.59 Å². The van der Waals surface area contributed by atoms with Gasteiger partial charge in [-0.15, -0.1) is 11.8 Å². The number of amides is 2. The predicted octanol–water partition coefficient (Wildman–Crippen LogP) is 4.62. The molecule has 1 heterocycles. The number of carbonyl (C=O) groups excluding carboxylic acids is 2. The Balaban J connectivity index is 2.08. The summed E-state index contributed by atoms with van der Waals surface area (Å²) in [7, 11) is 0. The van der Waals surface area contributed by atoms with Gasteiger partial charge < -0.3 is 10.2 Å². The topological polar surface area (TPSA) is 49.4 Å². The van der Waals surface area contributed by atoms with E-state index in [0.29, 0.717) is 23.8 Å². The maximum absolute atomic E-state index is 13.2. The molecule has 2 amide bonds. The molecule has 0 aromatic heterocycles. The summed E-state index contributed by atoms with van der Waals surface area (Å²) in [6, 6.07) is 7.27. The van der Waals surface area contributed by atoms with Gasteiger partial charge in [-0.25, -0.2) is 0 Å². The van der Waals surface area contributed by atoms with Gasteiger partial charge in [-0.1, -0.05) is 57.7 Å². The number of nitrogens with one attached hydrogen (secondary N) is 1. The summed E-state index contributed by atoms with van der Waals surface area (Å²) in [6.07, 6.45) is 5.42. The van der Waals surface area contributed by atoms with Gasteiger partial charge in [-0.2, -0.15) is 0 Å². The van der Waals surface area contributed by atoms with Crippen molar-refractivity contribution in [2.24, 2.45) is 5.92 Å². The average molecular weight is 391 g/mol. The number of rotatable bonds is 9. The van der Waals surface area contributed by atoms with Gasteiger partial charge in [-0.3, -0.25) is 9.59 Å². The molecule has 1 aliphatic rings. The number of thioether (sulfide) groups is 1. The van der Waals surface area contributed by atoms with E-state index in [4.69, 9.17) is 0 Å². The van der Waals surface area contributed by atoms with Crippen LogP contribution in [-0.2, 0) is 4.79 Å². The van der Waals surface area contributed by atoms with E-state index in [2.05, 4.69) is 26.1 Å². The number of hydrogen-bond acceptors (Lipinski definition) is 3. The van der Waals surface area contributed by atoms with Crippen LogP contribution in [0.15, 0.2) is 24.3 Å². The van der Waals surface area contributed by atoms with Crippen LogP contribution in [-0.4, -0.2) is 40.4 Å². The van der Waals surface area contributed by atoms with Crippen LogP contribution in [0.4, 0.5) is 0 Å². The van der Waals surface area contributed by atoms with Crippen LogP contribution < -0.4 is 5.32 Å². The lowest BCUT2D eigenvalue weighted by Gasteiger charge is -2.30. The Morgan fingerprint density at radius 3 is 2.52 bits per heavy atom. The lowest BCUT2D eigenvalue weighted by Crippen LogP contribution is -2.50. The van der Waals surface area contributed by atoms with E-state index in [1.54, 1.807) is 11.8 Å². The Morgan fingerprint density at radius 2 is 1.89 bits per heavy atom. The van der Waals surface area contributed by atoms with Crippen LogP contribution in [0.3, 0.4) is 0 Å². The average Bonchev–Trinajstić information content (AvgIpc) is 3.04. The molecule has 2 rings (SSSR count). The highest BCUT2D eigenvalue weighted by molar-refractivity contribution is 8.00. The minimum Gasteiger partial charge on any atom is -0.354 e. The second-order valence-corrected chi connectivity index (χ2v) is 9.07. The lowest BCUT2D eigenvalue weighted by atomic mass is 10.1. The first-order valence-electron chi connectivity index (χ1n) is 10.2. The van der Waals surface area contributed by atoms with Gasteiger partial charge in [0.05, 0.1) is 5.37 Å². The second kappa shape index (κ2) is 10.7. The summed E-state index contributed by atoms with van der Waals surface area (Å²) >= 11 is 1.73. The third kappa shape index (κ3) is 6.27. The largest absolute Gasteiger partial charge is 0.354 e. The van der Waals surface area contributed by atoms with Gasteiger partial charge in [0.1, 0.15) is 6.04 Å². The monoisotopic (exact) mass is 390 g/mol. The van der Waals surface area contributed by atoms with E-state index >= 15 is 0 Å². The van der Waals surface area contributed by atoms with Crippen LogP contribution in [0.25, 0.3) is 0 Å². The molecular formula is C22H34N2O2S. The molecule has 4 nitrogen and oxygen atoms in total. The first kappa shape index (κ1) is 21.8. The Labute approximate surface area is 168 Å². The Hall–Kier alpha value is -1.49. The van der Waals surface area contributed by atoms with E-state index in [1.165, 1.54) is 12.8 Å². The molecule has 1 N–H and O–H groups in total. The molecule has 1 fully saturated rings. The fourth-order valence-corrected chi connectivity index (χ4v) is 4.99. The maximum Gasteiger partial charge on any atom is 0.255 e. The van der Waals surface area contributed by atoms with Crippen LogP contribution >= 0.6 is 11.8 Å². The van der Waals surface area contributed by atoms with Crippen molar-refractivity contribution in [2.75, 3.05) is 12.3 Å². The molecule has 2 unspecified atom stereocenters. The van der Waals surface area contributed by atoms with Gasteiger partial charge in [0, 0.05) is 17.9 Å². The van der Waals surface area contributed by atoms with E-state index in [0.717, 1.165) is 24.8 Å². The zero-order valence-corrected chi connectivity index (χ0v) is 18.0. The van der Waals surface area contributed by atoms with E-state index in [9.17, 15) is 9.59 Å². The number of unbranched alkanes of at least 4 members (excludes halogenated alkanes) is 3. The molecule has 1 saturated heterocycles. The SMILES string of the molecule is CCCCCCNC(=O)C1CSC(CC(C)C)N1C(=O)c1ccc(C)cc1. The van der Waals surface area contributed by atoms with Gasteiger partial charge >= 0.3 is 0 Å². The van der Waals surface area contributed by atoms with Crippen LogP contribution in [0.1, 0.15) is 68.8 Å². The number of carbonyl (C=O) groups is 2. The van der Waals surface area contributed by atoms with Crippen LogP contribution in [0.2, 0.25) is 0 Å². The fourth-order valence-electron chi connectivity index (χ4n) is 3.35. The molecule has 0 spiro atoms. The second-order valence-electron chi connectivity index (χ2n) is 7.86. The van der Waals surface area contributed by atoms with E-state index < -0.39 is 0 Å². The Morgan fingerprint density at radius 1 is 1.19 bits per heavy atom. The molecule has 0 bridgehead atoms. The summed E-state index contributed by atoms with van der Waals surface area (Å²) in [4.78, 5) is 27.8. The van der Waals surface area contributed by atoms with E-state index in [-0.39, 0.29) is 23.2 Å². The quantitative estimate of drug-likeness (QED) is 0.626. The minimum absolute atomic E-state index is 0.00860. The molecular weight excluding hydrogens is 356 g/mol. The minimum atomic E-state index is -0.376. The summed E-state index contributed by atoms with van der Waals surface area (Å²) < 4.78 is 0. The molecule has 0 aliphatic carbocycles. The van der Waals surface area contributed by atoms with Gasteiger partial charge in [-0.05, 0) is 37.8 Å². The zero-order valence-electron chi connectivity index (χ0n) is 17.2.